The minimum absolute atomic E-state index is 0.284. The Morgan fingerprint density at radius 1 is 1.05 bits per heavy atom. The molecule has 116 valence electrons. The molecular formula is C12H23N3O5. The molecular weight excluding hydrogens is 266 g/mol. The van der Waals surface area contributed by atoms with Gasteiger partial charge in [-0.05, 0) is 19.8 Å². The Balaban J connectivity index is 4.31. The topological polar surface area (TPSA) is 128 Å². The fourth-order valence-electron chi connectivity index (χ4n) is 1.29. The summed E-state index contributed by atoms with van der Waals surface area (Å²) in [6, 6.07) is -3.07. The van der Waals surface area contributed by atoms with Gasteiger partial charge >= 0.3 is 12.0 Å². The van der Waals surface area contributed by atoms with E-state index in [0.29, 0.717) is 6.54 Å². The van der Waals surface area contributed by atoms with Gasteiger partial charge in [0.15, 0.2) is 6.04 Å². The van der Waals surface area contributed by atoms with Crippen molar-refractivity contribution >= 4 is 17.9 Å². The second kappa shape index (κ2) is 8.36. The molecule has 0 saturated heterocycles. The number of amides is 3. The van der Waals surface area contributed by atoms with Crippen LogP contribution in [0.1, 0.15) is 27.7 Å². The van der Waals surface area contributed by atoms with Crippen molar-refractivity contribution in [2.45, 2.75) is 45.9 Å². The number of aliphatic carboxylic acids is 1. The van der Waals surface area contributed by atoms with Crippen molar-refractivity contribution in [1.82, 2.24) is 16.0 Å². The summed E-state index contributed by atoms with van der Waals surface area (Å²) in [6.07, 6.45) is -1.25. The maximum Gasteiger partial charge on any atom is 0.328 e. The van der Waals surface area contributed by atoms with Crippen LogP contribution in [0.5, 0.6) is 0 Å². The normalized spacial score (nSPS) is 15.1. The third kappa shape index (κ3) is 6.93. The highest BCUT2D eigenvalue weighted by molar-refractivity contribution is 5.88. The number of hydrogen-bond acceptors (Lipinski definition) is 4. The molecule has 0 saturated carbocycles. The third-order valence-electron chi connectivity index (χ3n) is 2.46. The molecule has 20 heavy (non-hydrogen) atoms. The van der Waals surface area contributed by atoms with E-state index in [-0.39, 0.29) is 11.8 Å². The predicted octanol–water partition coefficient (Wildman–Crippen LogP) is -0.720. The van der Waals surface area contributed by atoms with Crippen LogP contribution in [-0.2, 0) is 9.59 Å². The molecule has 1 unspecified atom stereocenters. The van der Waals surface area contributed by atoms with E-state index in [1.807, 2.05) is 13.8 Å². The number of carboxylic acids is 1. The molecule has 5 N–H and O–H groups in total. The lowest BCUT2D eigenvalue weighted by Crippen LogP contribution is -2.55. The highest BCUT2D eigenvalue weighted by atomic mass is 16.4. The van der Waals surface area contributed by atoms with Crippen molar-refractivity contribution in [1.29, 1.82) is 0 Å². The first-order valence-corrected chi connectivity index (χ1v) is 6.40. The van der Waals surface area contributed by atoms with Crippen molar-refractivity contribution in [3.05, 3.63) is 0 Å². The monoisotopic (exact) mass is 289 g/mol. The highest BCUT2D eigenvalue weighted by Crippen LogP contribution is 1.94. The first-order chi connectivity index (χ1) is 9.15. The summed E-state index contributed by atoms with van der Waals surface area (Å²) in [4.78, 5) is 33.9. The lowest BCUT2D eigenvalue weighted by Gasteiger charge is -2.20. The van der Waals surface area contributed by atoms with E-state index < -0.39 is 30.2 Å². The molecule has 0 fully saturated rings. The Morgan fingerprint density at radius 2 is 1.60 bits per heavy atom. The van der Waals surface area contributed by atoms with Crippen LogP contribution in [0.15, 0.2) is 0 Å². The highest BCUT2D eigenvalue weighted by Gasteiger charge is 2.26. The molecule has 0 bridgehead atoms. The summed E-state index contributed by atoms with van der Waals surface area (Å²) in [5.74, 6) is -1.43. The van der Waals surface area contributed by atoms with Crippen molar-refractivity contribution in [3.8, 4) is 0 Å². The summed E-state index contributed by atoms with van der Waals surface area (Å²) < 4.78 is 0. The van der Waals surface area contributed by atoms with Gasteiger partial charge in [-0.2, -0.15) is 0 Å². The molecule has 0 aromatic carbocycles. The Labute approximate surface area is 117 Å². The van der Waals surface area contributed by atoms with Crippen LogP contribution in [0.2, 0.25) is 0 Å². The summed E-state index contributed by atoms with van der Waals surface area (Å²) in [6.45, 7) is 7.08. The molecule has 0 aromatic rings. The zero-order valence-corrected chi connectivity index (χ0v) is 12.1. The quantitative estimate of drug-likeness (QED) is 0.422. The number of urea groups is 1. The van der Waals surface area contributed by atoms with E-state index in [1.165, 1.54) is 13.8 Å². The number of nitrogens with one attached hydrogen (secondary N) is 3. The van der Waals surface area contributed by atoms with Crippen molar-refractivity contribution in [2.75, 3.05) is 6.54 Å². The largest absolute Gasteiger partial charge is 0.480 e. The van der Waals surface area contributed by atoms with Gasteiger partial charge in [-0.1, -0.05) is 13.8 Å². The second-order valence-corrected chi connectivity index (χ2v) is 5.03. The standard InChI is InChI=1S/C12H23N3O5/c1-6(2)5-13-10(17)7(3)14-12(20)15-9(8(4)16)11(18)19/h6-9,16H,5H2,1-4H3,(H,13,17)(H,18,19)(H2,14,15,20)/t7?,8-,9+/m1/s1. The van der Waals surface area contributed by atoms with Gasteiger partial charge in [-0.3, -0.25) is 4.79 Å². The van der Waals surface area contributed by atoms with Gasteiger partial charge in [0, 0.05) is 6.54 Å². The summed E-state index contributed by atoms with van der Waals surface area (Å²) >= 11 is 0. The summed E-state index contributed by atoms with van der Waals surface area (Å²) in [7, 11) is 0. The average molecular weight is 289 g/mol. The molecule has 8 heteroatoms. The number of carbonyl (C=O) groups is 3. The third-order valence-corrected chi connectivity index (χ3v) is 2.46. The molecule has 3 atom stereocenters. The van der Waals surface area contributed by atoms with Gasteiger partial charge in [-0.25, -0.2) is 9.59 Å². The van der Waals surface area contributed by atoms with E-state index in [0.717, 1.165) is 0 Å². The number of carboxylic acid groups (broad SMARTS) is 1. The van der Waals surface area contributed by atoms with Crippen LogP contribution >= 0.6 is 0 Å². The van der Waals surface area contributed by atoms with Crippen LogP contribution in [0.25, 0.3) is 0 Å². The minimum atomic E-state index is -1.43. The number of rotatable bonds is 7. The molecule has 0 rings (SSSR count). The van der Waals surface area contributed by atoms with Gasteiger partial charge in [-0.15, -0.1) is 0 Å². The van der Waals surface area contributed by atoms with Gasteiger partial charge in [0.2, 0.25) is 5.91 Å². The fraction of sp³-hybridized carbons (Fsp3) is 0.750. The lowest BCUT2D eigenvalue weighted by molar-refractivity contribution is -0.141. The van der Waals surface area contributed by atoms with Crippen LogP contribution in [0, 0.1) is 5.92 Å². The maximum atomic E-state index is 11.6. The van der Waals surface area contributed by atoms with Crippen LogP contribution in [0.4, 0.5) is 4.79 Å². The molecule has 8 nitrogen and oxygen atoms in total. The van der Waals surface area contributed by atoms with E-state index >= 15 is 0 Å². The first-order valence-electron chi connectivity index (χ1n) is 6.40. The number of hydrogen-bond donors (Lipinski definition) is 5. The molecule has 0 spiro atoms. The Morgan fingerprint density at radius 3 is 2.00 bits per heavy atom. The summed E-state index contributed by atoms with van der Waals surface area (Å²) in [5.41, 5.74) is 0. The van der Waals surface area contributed by atoms with Crippen molar-refractivity contribution in [2.24, 2.45) is 5.92 Å². The zero-order valence-electron chi connectivity index (χ0n) is 12.1. The first kappa shape index (κ1) is 18.2. The van der Waals surface area contributed by atoms with Gasteiger partial charge < -0.3 is 26.2 Å². The van der Waals surface area contributed by atoms with Crippen LogP contribution < -0.4 is 16.0 Å². The minimum Gasteiger partial charge on any atom is -0.480 e. The average Bonchev–Trinajstić information content (AvgIpc) is 2.31. The SMILES string of the molecule is CC(C)CNC(=O)C(C)NC(=O)N[C@H](C(=O)O)[C@@H](C)O. The lowest BCUT2D eigenvalue weighted by atomic mass is 10.2. The Kier molecular flexibility index (Phi) is 7.60. The summed E-state index contributed by atoms with van der Waals surface area (Å²) in [5, 5.41) is 25.0. The van der Waals surface area contributed by atoms with Crippen molar-refractivity contribution in [3.63, 3.8) is 0 Å². The molecule has 0 aliphatic rings. The van der Waals surface area contributed by atoms with E-state index in [9.17, 15) is 19.5 Å². The number of aliphatic hydroxyl groups is 1. The van der Waals surface area contributed by atoms with E-state index in [1.54, 1.807) is 0 Å². The van der Waals surface area contributed by atoms with Gasteiger partial charge in [0.05, 0.1) is 6.10 Å². The molecule has 0 aliphatic heterocycles. The molecule has 0 aromatic heterocycles. The fourth-order valence-corrected chi connectivity index (χ4v) is 1.29. The van der Waals surface area contributed by atoms with Gasteiger partial charge in [0.1, 0.15) is 6.04 Å². The van der Waals surface area contributed by atoms with Crippen LogP contribution in [0.3, 0.4) is 0 Å². The maximum absolute atomic E-state index is 11.6. The van der Waals surface area contributed by atoms with E-state index in [2.05, 4.69) is 16.0 Å². The number of carbonyl (C=O) groups excluding carboxylic acids is 2. The van der Waals surface area contributed by atoms with Gasteiger partial charge in [0.25, 0.3) is 0 Å². The predicted molar refractivity (Wildman–Crippen MR) is 72.1 cm³/mol. The molecule has 3 amide bonds. The smallest absolute Gasteiger partial charge is 0.328 e. The van der Waals surface area contributed by atoms with Crippen LogP contribution in [-0.4, -0.2) is 52.9 Å². The van der Waals surface area contributed by atoms with Crippen molar-refractivity contribution < 1.29 is 24.6 Å². The molecule has 0 radical (unpaired) electrons. The zero-order chi connectivity index (χ0) is 15.9. The molecule has 0 heterocycles. The van der Waals surface area contributed by atoms with E-state index in [4.69, 9.17) is 5.11 Å². The second-order valence-electron chi connectivity index (χ2n) is 5.03. The molecule has 0 aliphatic carbocycles. The Bertz CT molecular complexity index is 357. The number of aliphatic hydroxyl groups excluding tert-OH is 1. The Hall–Kier alpha value is -1.83.